The van der Waals surface area contributed by atoms with E-state index in [0.717, 1.165) is 10.9 Å². The number of ether oxygens (including phenoxy) is 1. The number of amides is 1. The van der Waals surface area contributed by atoms with E-state index in [1.54, 1.807) is 30.3 Å². The van der Waals surface area contributed by atoms with Crippen LogP contribution in [0.4, 0.5) is 8.78 Å². The molecule has 1 saturated heterocycles. The zero-order valence-electron chi connectivity index (χ0n) is 15.9. The number of alkyl halides is 2. The number of pyridine rings is 1. The number of aromatic amines is 1. The quantitative estimate of drug-likeness (QED) is 0.555. The van der Waals surface area contributed by atoms with Crippen LogP contribution in [0.25, 0.3) is 21.9 Å². The van der Waals surface area contributed by atoms with Crippen LogP contribution < -0.4 is 4.74 Å². The summed E-state index contributed by atoms with van der Waals surface area (Å²) in [5.41, 5.74) is 2.03. The van der Waals surface area contributed by atoms with Gasteiger partial charge in [-0.2, -0.15) is 0 Å². The van der Waals surface area contributed by atoms with Crippen molar-refractivity contribution in [3.05, 3.63) is 66.5 Å². The van der Waals surface area contributed by atoms with Gasteiger partial charge in [-0.05, 0) is 24.3 Å². The standard InChI is InChI=1S/C22H18F2N4O2/c23-22(24)11-12-28(21(29)20-26-16-7-3-4-8-17(16)27-20)13-18(22)30-19-10-9-14-5-1-2-6-15(14)25-19/h1-10,18H,11-13H2,(H,26,27)/t18-/m0/s1. The number of imidazole rings is 1. The molecule has 1 fully saturated rings. The first-order chi connectivity index (χ1) is 14.5. The first-order valence-corrected chi connectivity index (χ1v) is 9.64. The van der Waals surface area contributed by atoms with E-state index in [9.17, 15) is 13.6 Å². The van der Waals surface area contributed by atoms with Crippen LogP contribution in [0.3, 0.4) is 0 Å². The Hall–Kier alpha value is -3.55. The summed E-state index contributed by atoms with van der Waals surface area (Å²) in [6.45, 7) is -0.328. The third kappa shape index (κ3) is 3.34. The zero-order chi connectivity index (χ0) is 20.7. The molecule has 2 aromatic carbocycles. The van der Waals surface area contributed by atoms with Crippen LogP contribution >= 0.6 is 0 Å². The highest BCUT2D eigenvalue weighted by Gasteiger charge is 2.47. The Bertz CT molecular complexity index is 1210. The van der Waals surface area contributed by atoms with Crippen LogP contribution in [0.15, 0.2) is 60.7 Å². The second-order valence-electron chi connectivity index (χ2n) is 7.31. The van der Waals surface area contributed by atoms with Crippen LogP contribution in [-0.4, -0.2) is 50.9 Å². The molecule has 1 amide bonds. The maximum absolute atomic E-state index is 14.6. The van der Waals surface area contributed by atoms with Gasteiger partial charge < -0.3 is 14.6 Å². The van der Waals surface area contributed by atoms with Gasteiger partial charge in [-0.25, -0.2) is 18.7 Å². The number of nitrogens with one attached hydrogen (secondary N) is 1. The summed E-state index contributed by atoms with van der Waals surface area (Å²) in [6, 6.07) is 18.0. The topological polar surface area (TPSA) is 71.1 Å². The van der Waals surface area contributed by atoms with Gasteiger partial charge in [0.05, 0.1) is 23.1 Å². The minimum atomic E-state index is -3.07. The van der Waals surface area contributed by atoms with Gasteiger partial charge in [0.1, 0.15) is 0 Å². The van der Waals surface area contributed by atoms with E-state index in [4.69, 9.17) is 4.74 Å². The Morgan fingerprint density at radius 3 is 2.63 bits per heavy atom. The van der Waals surface area contributed by atoms with Crippen LogP contribution in [0, 0.1) is 0 Å². The lowest BCUT2D eigenvalue weighted by molar-refractivity contribution is -0.131. The summed E-state index contributed by atoms with van der Waals surface area (Å²) in [6.07, 6.45) is -1.98. The summed E-state index contributed by atoms with van der Waals surface area (Å²) in [5, 5.41) is 0.891. The van der Waals surface area contributed by atoms with Gasteiger partial charge in [0.2, 0.25) is 5.88 Å². The molecule has 0 aliphatic carbocycles. The Balaban J connectivity index is 1.38. The van der Waals surface area contributed by atoms with E-state index < -0.39 is 24.4 Å². The van der Waals surface area contributed by atoms with Crippen LogP contribution in [0.5, 0.6) is 5.88 Å². The molecule has 0 radical (unpaired) electrons. The molecule has 152 valence electrons. The molecule has 4 aromatic rings. The van der Waals surface area contributed by atoms with E-state index in [1.807, 2.05) is 30.3 Å². The van der Waals surface area contributed by atoms with E-state index in [-0.39, 0.29) is 24.8 Å². The highest BCUT2D eigenvalue weighted by Crippen LogP contribution is 2.32. The van der Waals surface area contributed by atoms with Crippen molar-refractivity contribution in [2.24, 2.45) is 0 Å². The Morgan fingerprint density at radius 2 is 1.80 bits per heavy atom. The van der Waals surface area contributed by atoms with Gasteiger partial charge in [0.25, 0.3) is 11.8 Å². The fraction of sp³-hybridized carbons (Fsp3) is 0.227. The highest BCUT2D eigenvalue weighted by atomic mass is 19.3. The van der Waals surface area contributed by atoms with Crippen molar-refractivity contribution >= 4 is 27.8 Å². The summed E-state index contributed by atoms with van der Waals surface area (Å²) in [5.74, 6) is -3.26. The van der Waals surface area contributed by atoms with Crippen LogP contribution in [0.2, 0.25) is 0 Å². The average molecular weight is 408 g/mol. The van der Waals surface area contributed by atoms with Crippen molar-refractivity contribution < 1.29 is 18.3 Å². The molecule has 0 bridgehead atoms. The number of nitrogens with zero attached hydrogens (tertiary/aromatic N) is 3. The molecule has 30 heavy (non-hydrogen) atoms. The molecule has 1 atom stereocenters. The number of likely N-dealkylation sites (tertiary alicyclic amines) is 1. The number of piperidine rings is 1. The molecule has 1 aliphatic rings. The van der Waals surface area contributed by atoms with Crippen molar-refractivity contribution in [1.82, 2.24) is 19.9 Å². The molecule has 3 heterocycles. The maximum atomic E-state index is 14.6. The predicted octanol–water partition coefficient (Wildman–Crippen LogP) is 4.04. The summed E-state index contributed by atoms with van der Waals surface area (Å²) in [4.78, 5) is 25.8. The first-order valence-electron chi connectivity index (χ1n) is 9.64. The second kappa shape index (κ2) is 7.05. The average Bonchev–Trinajstić information content (AvgIpc) is 3.19. The van der Waals surface area contributed by atoms with Gasteiger partial charge in [-0.1, -0.05) is 30.3 Å². The van der Waals surface area contributed by atoms with E-state index in [1.165, 1.54) is 4.90 Å². The number of carbonyl (C=O) groups excluding carboxylic acids is 1. The maximum Gasteiger partial charge on any atom is 0.289 e. The predicted molar refractivity (Wildman–Crippen MR) is 108 cm³/mol. The largest absolute Gasteiger partial charge is 0.466 e. The van der Waals surface area contributed by atoms with Gasteiger partial charge in [0, 0.05) is 24.4 Å². The molecule has 5 rings (SSSR count). The second-order valence-corrected chi connectivity index (χ2v) is 7.31. The number of benzene rings is 2. The van der Waals surface area contributed by atoms with Crippen LogP contribution in [-0.2, 0) is 0 Å². The molecular formula is C22H18F2N4O2. The normalized spacial score (nSPS) is 18.6. The molecule has 6 nitrogen and oxygen atoms in total. The number of rotatable bonds is 3. The lowest BCUT2D eigenvalue weighted by Gasteiger charge is -2.37. The first kappa shape index (κ1) is 18.5. The summed E-state index contributed by atoms with van der Waals surface area (Å²) >= 11 is 0. The SMILES string of the molecule is O=C(c1nc2ccccc2[nH]1)N1CCC(F)(F)[C@@H](Oc2ccc3ccccc3n2)C1. The molecule has 0 unspecified atom stereocenters. The van der Waals surface area contributed by atoms with Crippen LogP contribution in [0.1, 0.15) is 17.0 Å². The molecule has 0 spiro atoms. The molecule has 2 aromatic heterocycles. The van der Waals surface area contributed by atoms with Crippen molar-refractivity contribution in [3.63, 3.8) is 0 Å². The monoisotopic (exact) mass is 408 g/mol. The Labute approximate surface area is 170 Å². The van der Waals surface area contributed by atoms with E-state index in [0.29, 0.717) is 11.0 Å². The van der Waals surface area contributed by atoms with Gasteiger partial charge in [0.15, 0.2) is 11.9 Å². The number of carbonyl (C=O) groups is 1. The molecule has 1 aliphatic heterocycles. The third-order valence-electron chi connectivity index (χ3n) is 5.29. The number of fused-ring (bicyclic) bond motifs is 2. The number of aromatic nitrogens is 3. The van der Waals surface area contributed by atoms with Gasteiger partial charge in [-0.15, -0.1) is 0 Å². The van der Waals surface area contributed by atoms with Gasteiger partial charge in [-0.3, -0.25) is 4.79 Å². The number of halogens is 2. The summed E-state index contributed by atoms with van der Waals surface area (Å²) in [7, 11) is 0. The van der Waals surface area contributed by atoms with Crippen molar-refractivity contribution in [2.75, 3.05) is 13.1 Å². The zero-order valence-corrected chi connectivity index (χ0v) is 15.9. The lowest BCUT2D eigenvalue weighted by atomic mass is 10.0. The number of H-pyrrole nitrogens is 1. The number of para-hydroxylation sites is 3. The molecular weight excluding hydrogens is 390 g/mol. The van der Waals surface area contributed by atoms with Crippen molar-refractivity contribution in [1.29, 1.82) is 0 Å². The minimum Gasteiger partial charge on any atom is -0.466 e. The fourth-order valence-electron chi connectivity index (χ4n) is 3.64. The van der Waals surface area contributed by atoms with E-state index >= 15 is 0 Å². The molecule has 8 heteroatoms. The highest BCUT2D eigenvalue weighted by molar-refractivity contribution is 5.94. The summed E-state index contributed by atoms with van der Waals surface area (Å²) < 4.78 is 34.7. The van der Waals surface area contributed by atoms with E-state index in [2.05, 4.69) is 15.0 Å². The number of hydrogen-bond acceptors (Lipinski definition) is 4. The van der Waals surface area contributed by atoms with Crippen molar-refractivity contribution in [3.8, 4) is 5.88 Å². The smallest absolute Gasteiger partial charge is 0.289 e. The minimum absolute atomic E-state index is 0.0755. The molecule has 1 N–H and O–H groups in total. The molecule has 0 saturated carbocycles. The van der Waals surface area contributed by atoms with Gasteiger partial charge >= 0.3 is 0 Å². The Kier molecular flexibility index (Phi) is 4.34. The Morgan fingerprint density at radius 1 is 1.03 bits per heavy atom. The van der Waals surface area contributed by atoms with Crippen molar-refractivity contribution in [2.45, 2.75) is 18.4 Å². The fourth-order valence-corrected chi connectivity index (χ4v) is 3.64. The third-order valence-corrected chi connectivity index (χ3v) is 5.29. The number of hydrogen-bond donors (Lipinski definition) is 1. The lowest BCUT2D eigenvalue weighted by Crippen LogP contribution is -2.55.